The third-order valence-corrected chi connectivity index (χ3v) is 4.91. The first-order valence-corrected chi connectivity index (χ1v) is 8.07. The van der Waals surface area contributed by atoms with Crippen molar-refractivity contribution in [3.8, 4) is 0 Å². The van der Waals surface area contributed by atoms with E-state index in [1.54, 1.807) is 35.4 Å². The summed E-state index contributed by atoms with van der Waals surface area (Å²) in [6.45, 7) is 2.01. The van der Waals surface area contributed by atoms with E-state index in [0.717, 1.165) is 6.42 Å². The molecule has 1 aromatic carbocycles. The smallest absolute Gasteiger partial charge is 0.253 e. The van der Waals surface area contributed by atoms with E-state index >= 15 is 0 Å². The van der Waals surface area contributed by atoms with Gasteiger partial charge in [0.05, 0.1) is 15.7 Å². The van der Waals surface area contributed by atoms with E-state index in [-0.39, 0.29) is 11.9 Å². The van der Waals surface area contributed by atoms with Crippen LogP contribution in [-0.2, 0) is 6.42 Å². The van der Waals surface area contributed by atoms with Gasteiger partial charge in [0.2, 0.25) is 0 Å². The second-order valence-electron chi connectivity index (χ2n) is 4.90. The van der Waals surface area contributed by atoms with E-state index in [1.807, 2.05) is 18.4 Å². The van der Waals surface area contributed by atoms with Crippen LogP contribution in [0.2, 0.25) is 10.0 Å². The Hall–Kier alpha value is -1.23. The number of halogens is 2. The molecule has 0 saturated carbocycles. The number of nitrogens with zero attached hydrogens (tertiary/aromatic N) is 1. The number of carbonyl (C=O) groups excluding carboxylic acids is 1. The molecular formula is C15H16Cl2N2OS. The standard InChI is InChI=1S/C15H16Cl2N2OS/c1-9(6-11-4-3-5-21-11)19(2)15(20)10-7-12(16)14(18)13(17)8-10/h3-5,7-9H,6,18H2,1-2H3. The summed E-state index contributed by atoms with van der Waals surface area (Å²) >= 11 is 13.7. The minimum atomic E-state index is -0.122. The number of anilines is 1. The number of amides is 1. The maximum atomic E-state index is 12.5. The van der Waals surface area contributed by atoms with Gasteiger partial charge in [-0.2, -0.15) is 0 Å². The number of hydrogen-bond donors (Lipinski definition) is 1. The lowest BCUT2D eigenvalue weighted by Crippen LogP contribution is -2.36. The van der Waals surface area contributed by atoms with Crippen LogP contribution < -0.4 is 5.73 Å². The van der Waals surface area contributed by atoms with Crippen molar-refractivity contribution in [2.75, 3.05) is 12.8 Å². The van der Waals surface area contributed by atoms with Gasteiger partial charge < -0.3 is 10.6 Å². The molecular weight excluding hydrogens is 327 g/mol. The molecule has 1 atom stereocenters. The van der Waals surface area contributed by atoms with Crippen LogP contribution in [0.1, 0.15) is 22.2 Å². The second kappa shape index (κ2) is 6.69. The molecule has 0 bridgehead atoms. The molecule has 112 valence electrons. The van der Waals surface area contributed by atoms with Crippen molar-refractivity contribution in [1.29, 1.82) is 0 Å². The van der Waals surface area contributed by atoms with Gasteiger partial charge in [-0.3, -0.25) is 4.79 Å². The van der Waals surface area contributed by atoms with Gasteiger partial charge >= 0.3 is 0 Å². The van der Waals surface area contributed by atoms with Crippen LogP contribution in [0.3, 0.4) is 0 Å². The Kier molecular flexibility index (Phi) is 5.14. The van der Waals surface area contributed by atoms with Gasteiger partial charge in [-0.05, 0) is 30.5 Å². The van der Waals surface area contributed by atoms with Gasteiger partial charge in [0.25, 0.3) is 5.91 Å². The Morgan fingerprint density at radius 1 is 1.38 bits per heavy atom. The zero-order valence-electron chi connectivity index (χ0n) is 11.8. The number of hydrogen-bond acceptors (Lipinski definition) is 3. The molecule has 0 aliphatic rings. The van der Waals surface area contributed by atoms with Gasteiger partial charge in [-0.1, -0.05) is 29.3 Å². The fourth-order valence-corrected chi connectivity index (χ4v) is 3.28. The number of benzene rings is 1. The monoisotopic (exact) mass is 342 g/mol. The molecule has 1 unspecified atom stereocenters. The molecule has 1 aromatic heterocycles. The number of rotatable bonds is 4. The number of thiophene rings is 1. The minimum Gasteiger partial charge on any atom is -0.396 e. The zero-order chi connectivity index (χ0) is 15.6. The summed E-state index contributed by atoms with van der Waals surface area (Å²) in [5, 5.41) is 2.62. The van der Waals surface area contributed by atoms with E-state index < -0.39 is 0 Å². The quantitative estimate of drug-likeness (QED) is 0.840. The fraction of sp³-hybridized carbons (Fsp3) is 0.267. The molecule has 0 fully saturated rings. The SMILES string of the molecule is CC(Cc1cccs1)N(C)C(=O)c1cc(Cl)c(N)c(Cl)c1. The van der Waals surface area contributed by atoms with Crippen LogP contribution in [0.15, 0.2) is 29.6 Å². The average Bonchev–Trinajstić information content (AvgIpc) is 2.95. The predicted molar refractivity (Wildman–Crippen MR) is 90.5 cm³/mol. The molecule has 6 heteroatoms. The number of nitrogens with two attached hydrogens (primary N) is 1. The second-order valence-corrected chi connectivity index (χ2v) is 6.75. The zero-order valence-corrected chi connectivity index (χ0v) is 14.1. The van der Waals surface area contributed by atoms with Crippen molar-refractivity contribution in [3.05, 3.63) is 50.1 Å². The van der Waals surface area contributed by atoms with Crippen molar-refractivity contribution in [3.63, 3.8) is 0 Å². The lowest BCUT2D eigenvalue weighted by Gasteiger charge is -2.25. The number of likely N-dealkylation sites (N-methyl/N-ethyl adjacent to an activating group) is 1. The number of nitrogen functional groups attached to an aromatic ring is 1. The summed E-state index contributed by atoms with van der Waals surface area (Å²) in [4.78, 5) is 15.4. The van der Waals surface area contributed by atoms with E-state index in [0.29, 0.717) is 21.3 Å². The molecule has 0 aliphatic carbocycles. The van der Waals surface area contributed by atoms with E-state index in [9.17, 15) is 4.79 Å². The third kappa shape index (κ3) is 3.70. The Morgan fingerprint density at radius 2 is 2.00 bits per heavy atom. The van der Waals surface area contributed by atoms with Gasteiger partial charge in [-0.25, -0.2) is 0 Å². The molecule has 0 spiro atoms. The summed E-state index contributed by atoms with van der Waals surface area (Å²) in [6.07, 6.45) is 0.816. The maximum absolute atomic E-state index is 12.5. The first kappa shape index (κ1) is 16.1. The minimum absolute atomic E-state index is 0.0752. The first-order valence-electron chi connectivity index (χ1n) is 6.44. The molecule has 0 radical (unpaired) electrons. The third-order valence-electron chi connectivity index (χ3n) is 3.38. The van der Waals surface area contributed by atoms with Crippen LogP contribution in [0.4, 0.5) is 5.69 Å². The lowest BCUT2D eigenvalue weighted by atomic mass is 10.1. The summed E-state index contributed by atoms with van der Waals surface area (Å²) in [5.74, 6) is -0.122. The van der Waals surface area contributed by atoms with Crippen LogP contribution in [-0.4, -0.2) is 23.9 Å². The molecule has 0 aliphatic heterocycles. The molecule has 1 amide bonds. The van der Waals surface area contributed by atoms with Crippen molar-refractivity contribution >= 4 is 46.1 Å². The van der Waals surface area contributed by atoms with Crippen molar-refractivity contribution in [2.45, 2.75) is 19.4 Å². The molecule has 2 N–H and O–H groups in total. The molecule has 2 aromatic rings. The van der Waals surface area contributed by atoms with Crippen molar-refractivity contribution < 1.29 is 4.79 Å². The molecule has 1 heterocycles. The topological polar surface area (TPSA) is 46.3 Å². The van der Waals surface area contributed by atoms with Gasteiger partial charge in [0, 0.05) is 30.0 Å². The Bertz CT molecular complexity index is 620. The van der Waals surface area contributed by atoms with E-state index in [2.05, 4.69) is 6.07 Å². The largest absolute Gasteiger partial charge is 0.396 e. The predicted octanol–water partition coefficient (Wildman–Crippen LogP) is 4.34. The fourth-order valence-electron chi connectivity index (χ4n) is 1.97. The van der Waals surface area contributed by atoms with Gasteiger partial charge in [0.15, 0.2) is 0 Å². The highest BCUT2D eigenvalue weighted by Gasteiger charge is 2.20. The van der Waals surface area contributed by atoms with E-state index in [4.69, 9.17) is 28.9 Å². The molecule has 2 rings (SSSR count). The number of carbonyl (C=O) groups is 1. The summed E-state index contributed by atoms with van der Waals surface area (Å²) in [7, 11) is 1.78. The highest BCUT2D eigenvalue weighted by molar-refractivity contribution is 7.09. The maximum Gasteiger partial charge on any atom is 0.253 e. The Morgan fingerprint density at radius 3 is 2.52 bits per heavy atom. The summed E-state index contributed by atoms with van der Waals surface area (Å²) < 4.78 is 0. The van der Waals surface area contributed by atoms with Crippen LogP contribution in [0.5, 0.6) is 0 Å². The van der Waals surface area contributed by atoms with E-state index in [1.165, 1.54) is 4.88 Å². The Balaban J connectivity index is 2.15. The highest BCUT2D eigenvalue weighted by Crippen LogP contribution is 2.29. The normalized spacial score (nSPS) is 12.2. The van der Waals surface area contributed by atoms with Gasteiger partial charge in [-0.15, -0.1) is 11.3 Å². The van der Waals surface area contributed by atoms with Crippen LogP contribution in [0, 0.1) is 0 Å². The highest BCUT2D eigenvalue weighted by atomic mass is 35.5. The summed E-state index contributed by atoms with van der Waals surface area (Å²) in [6, 6.07) is 7.26. The van der Waals surface area contributed by atoms with Gasteiger partial charge in [0.1, 0.15) is 0 Å². The summed E-state index contributed by atoms with van der Waals surface area (Å²) in [5.41, 5.74) is 6.43. The van der Waals surface area contributed by atoms with Crippen molar-refractivity contribution in [2.24, 2.45) is 0 Å². The van der Waals surface area contributed by atoms with Crippen LogP contribution in [0.25, 0.3) is 0 Å². The Labute approximate surface area is 138 Å². The lowest BCUT2D eigenvalue weighted by molar-refractivity contribution is 0.0744. The molecule has 21 heavy (non-hydrogen) atoms. The average molecular weight is 343 g/mol. The first-order chi connectivity index (χ1) is 9.90. The molecule has 0 saturated heterocycles. The van der Waals surface area contributed by atoms with Crippen LogP contribution >= 0.6 is 34.5 Å². The van der Waals surface area contributed by atoms with Crippen molar-refractivity contribution in [1.82, 2.24) is 4.90 Å². The molecule has 3 nitrogen and oxygen atoms in total.